The van der Waals surface area contributed by atoms with Crippen molar-refractivity contribution < 1.29 is 4.79 Å². The molecular formula is C20H22N6OS. The van der Waals surface area contributed by atoms with Gasteiger partial charge in [0.25, 0.3) is 0 Å². The van der Waals surface area contributed by atoms with Gasteiger partial charge < -0.3 is 5.32 Å². The van der Waals surface area contributed by atoms with Gasteiger partial charge in [0.2, 0.25) is 0 Å². The number of urea groups is 1. The molecule has 2 amide bonds. The summed E-state index contributed by atoms with van der Waals surface area (Å²) in [6.07, 6.45) is 6.74. The Morgan fingerprint density at radius 3 is 2.79 bits per heavy atom. The number of nitrogens with one attached hydrogen (secondary N) is 1. The predicted octanol–water partition coefficient (Wildman–Crippen LogP) is 3.21. The Labute approximate surface area is 167 Å². The van der Waals surface area contributed by atoms with Crippen molar-refractivity contribution in [1.29, 1.82) is 0 Å². The summed E-state index contributed by atoms with van der Waals surface area (Å²) < 4.78 is 1.23. The minimum absolute atomic E-state index is 0.0507. The molecule has 1 N–H and O–H groups in total. The summed E-state index contributed by atoms with van der Waals surface area (Å²) in [7, 11) is 0. The Morgan fingerprint density at radius 1 is 1.21 bits per heavy atom. The fourth-order valence-electron chi connectivity index (χ4n) is 4.32. The first kappa shape index (κ1) is 17.5. The largest absolute Gasteiger partial charge is 0.330 e. The zero-order valence-electron chi connectivity index (χ0n) is 15.7. The number of hydrogen-bond donors (Lipinski definition) is 1. The Kier molecular flexibility index (Phi) is 4.25. The smallest absolute Gasteiger partial charge is 0.322 e. The Morgan fingerprint density at radius 2 is 2.00 bits per heavy atom. The lowest BCUT2D eigenvalue weighted by molar-refractivity contribution is 0.121. The van der Waals surface area contributed by atoms with E-state index in [0.29, 0.717) is 12.6 Å². The Bertz CT molecular complexity index is 998. The number of nitrogens with zero attached hydrogens (tertiary/aromatic N) is 5. The topological polar surface area (TPSA) is 74.2 Å². The van der Waals surface area contributed by atoms with E-state index in [1.165, 1.54) is 16.6 Å². The summed E-state index contributed by atoms with van der Waals surface area (Å²) in [4.78, 5) is 29.3. The van der Waals surface area contributed by atoms with Crippen LogP contribution in [0.1, 0.15) is 31.4 Å². The van der Waals surface area contributed by atoms with E-state index in [1.807, 2.05) is 5.51 Å². The molecule has 0 unspecified atom stereocenters. The first-order chi connectivity index (χ1) is 13.6. The van der Waals surface area contributed by atoms with Crippen LogP contribution in [0.3, 0.4) is 0 Å². The van der Waals surface area contributed by atoms with E-state index in [4.69, 9.17) is 0 Å². The first-order valence-corrected chi connectivity index (χ1v) is 10.4. The van der Waals surface area contributed by atoms with Crippen LogP contribution in [0.2, 0.25) is 0 Å². The van der Waals surface area contributed by atoms with Crippen LogP contribution in [-0.4, -0.2) is 51.1 Å². The SMILES string of the molecule is C[C@@H](c1ccc2scnc2c1)N1CCC2(CC1)CN(c1cncnc1)C(=O)N2. The standard InChI is InChI=1S/C20H22N6OS/c1-14(15-2-3-18-17(8-15)23-13-28-18)25-6-4-20(5-7-25)11-26(19(27)24-20)16-9-21-12-22-10-16/h2-3,8-10,12-14H,4-7,11H2,1H3,(H,24,27)/t14-/m0/s1. The summed E-state index contributed by atoms with van der Waals surface area (Å²) >= 11 is 1.68. The molecule has 1 spiro atoms. The third-order valence-electron chi connectivity index (χ3n) is 6.08. The molecule has 8 heteroatoms. The summed E-state index contributed by atoms with van der Waals surface area (Å²) in [6.45, 7) is 4.84. The van der Waals surface area contributed by atoms with Crippen molar-refractivity contribution in [2.75, 3.05) is 24.5 Å². The number of hydrogen-bond acceptors (Lipinski definition) is 6. The second-order valence-electron chi connectivity index (χ2n) is 7.68. The third kappa shape index (κ3) is 3.02. The molecule has 2 aromatic heterocycles. The van der Waals surface area contributed by atoms with Crippen molar-refractivity contribution in [3.05, 3.63) is 48.0 Å². The number of likely N-dealkylation sites (tertiary alicyclic amines) is 1. The van der Waals surface area contributed by atoms with Gasteiger partial charge in [-0.2, -0.15) is 0 Å². The number of thiazole rings is 1. The van der Waals surface area contributed by atoms with Crippen LogP contribution in [0.4, 0.5) is 10.5 Å². The second-order valence-corrected chi connectivity index (χ2v) is 8.57. The minimum atomic E-state index is -0.165. The molecule has 2 aliphatic rings. The van der Waals surface area contributed by atoms with Gasteiger partial charge in [0.1, 0.15) is 6.33 Å². The van der Waals surface area contributed by atoms with Crippen molar-refractivity contribution in [3.63, 3.8) is 0 Å². The first-order valence-electron chi connectivity index (χ1n) is 9.55. The Hall–Kier alpha value is -2.58. The van der Waals surface area contributed by atoms with Crippen molar-refractivity contribution in [3.8, 4) is 0 Å². The quantitative estimate of drug-likeness (QED) is 0.738. The van der Waals surface area contributed by atoms with Crippen LogP contribution in [0.5, 0.6) is 0 Å². The van der Waals surface area contributed by atoms with Gasteiger partial charge in [-0.05, 0) is 37.5 Å². The van der Waals surface area contributed by atoms with Crippen LogP contribution in [-0.2, 0) is 0 Å². The van der Waals surface area contributed by atoms with Crippen molar-refractivity contribution in [2.45, 2.75) is 31.3 Å². The molecule has 2 saturated heterocycles. The van der Waals surface area contributed by atoms with Crippen molar-refractivity contribution in [2.24, 2.45) is 0 Å². The van der Waals surface area contributed by atoms with Gasteiger partial charge in [0, 0.05) is 19.1 Å². The number of piperidine rings is 1. The molecule has 7 nitrogen and oxygen atoms in total. The molecule has 28 heavy (non-hydrogen) atoms. The maximum atomic E-state index is 12.5. The van der Waals surface area contributed by atoms with E-state index >= 15 is 0 Å². The normalized spacial score (nSPS) is 20.6. The number of aromatic nitrogens is 3. The fraction of sp³-hybridized carbons (Fsp3) is 0.400. The van der Waals surface area contributed by atoms with Gasteiger partial charge in [0.05, 0.1) is 45.9 Å². The van der Waals surface area contributed by atoms with E-state index in [2.05, 4.69) is 50.3 Å². The highest BCUT2D eigenvalue weighted by Crippen LogP contribution is 2.34. The molecule has 3 aromatic rings. The number of fused-ring (bicyclic) bond motifs is 1. The highest BCUT2D eigenvalue weighted by Gasteiger charge is 2.45. The number of benzene rings is 1. The predicted molar refractivity (Wildman–Crippen MR) is 109 cm³/mol. The summed E-state index contributed by atoms with van der Waals surface area (Å²) in [5.41, 5.74) is 4.86. The molecule has 0 bridgehead atoms. The maximum absolute atomic E-state index is 12.5. The molecule has 1 atom stereocenters. The van der Waals surface area contributed by atoms with Gasteiger partial charge in [-0.3, -0.25) is 9.80 Å². The molecule has 0 saturated carbocycles. The van der Waals surface area contributed by atoms with Crippen molar-refractivity contribution in [1.82, 2.24) is 25.2 Å². The van der Waals surface area contributed by atoms with E-state index < -0.39 is 0 Å². The average molecular weight is 395 g/mol. The van der Waals surface area contributed by atoms with E-state index in [1.54, 1.807) is 28.6 Å². The fourth-order valence-corrected chi connectivity index (χ4v) is 4.97. The number of carbonyl (C=O) groups excluding carboxylic acids is 1. The van der Waals surface area contributed by atoms with Gasteiger partial charge in [-0.1, -0.05) is 6.07 Å². The molecule has 144 valence electrons. The molecular weight excluding hydrogens is 372 g/mol. The molecule has 5 rings (SSSR count). The van der Waals surface area contributed by atoms with Crippen LogP contribution in [0.15, 0.2) is 42.4 Å². The van der Waals surface area contributed by atoms with E-state index in [9.17, 15) is 4.79 Å². The highest BCUT2D eigenvalue weighted by atomic mass is 32.1. The van der Waals surface area contributed by atoms with Crippen molar-refractivity contribution >= 4 is 33.3 Å². The lowest BCUT2D eigenvalue weighted by Crippen LogP contribution is -2.52. The van der Waals surface area contributed by atoms with Gasteiger partial charge in [0.15, 0.2) is 0 Å². The third-order valence-corrected chi connectivity index (χ3v) is 6.89. The number of carbonyl (C=O) groups is 1. The average Bonchev–Trinajstić information content (AvgIpc) is 3.32. The van der Waals surface area contributed by atoms with Gasteiger partial charge >= 0.3 is 6.03 Å². The second kappa shape index (κ2) is 6.79. The maximum Gasteiger partial charge on any atom is 0.322 e. The van der Waals surface area contributed by atoms with Crippen LogP contribution in [0.25, 0.3) is 10.2 Å². The molecule has 0 aliphatic carbocycles. The lowest BCUT2D eigenvalue weighted by Gasteiger charge is -2.41. The molecule has 4 heterocycles. The summed E-state index contributed by atoms with van der Waals surface area (Å²) in [6, 6.07) is 6.87. The molecule has 2 aliphatic heterocycles. The monoisotopic (exact) mass is 394 g/mol. The minimum Gasteiger partial charge on any atom is -0.330 e. The summed E-state index contributed by atoms with van der Waals surface area (Å²) in [5.74, 6) is 0. The van der Waals surface area contributed by atoms with Crippen LogP contribution < -0.4 is 10.2 Å². The van der Waals surface area contributed by atoms with Crippen LogP contribution in [0, 0.1) is 0 Å². The van der Waals surface area contributed by atoms with Crippen LogP contribution >= 0.6 is 11.3 Å². The van der Waals surface area contributed by atoms with E-state index in [0.717, 1.165) is 37.1 Å². The molecule has 0 radical (unpaired) electrons. The number of anilines is 1. The highest BCUT2D eigenvalue weighted by molar-refractivity contribution is 7.16. The van der Waals surface area contributed by atoms with E-state index in [-0.39, 0.29) is 11.6 Å². The van der Waals surface area contributed by atoms with Gasteiger partial charge in [-0.25, -0.2) is 19.7 Å². The zero-order valence-corrected chi connectivity index (χ0v) is 16.5. The number of rotatable bonds is 3. The molecule has 1 aromatic carbocycles. The van der Waals surface area contributed by atoms with Gasteiger partial charge in [-0.15, -0.1) is 11.3 Å². The molecule has 2 fully saturated rings. The zero-order chi connectivity index (χ0) is 19.1. The summed E-state index contributed by atoms with van der Waals surface area (Å²) in [5, 5.41) is 3.23. The Balaban J connectivity index is 1.27. The number of amides is 2. The lowest BCUT2D eigenvalue weighted by atomic mass is 9.87.